The van der Waals surface area contributed by atoms with Crippen molar-refractivity contribution in [3.63, 3.8) is 0 Å². The van der Waals surface area contributed by atoms with Gasteiger partial charge in [0.15, 0.2) is 5.65 Å². The van der Waals surface area contributed by atoms with Crippen molar-refractivity contribution in [2.45, 2.75) is 11.8 Å². The van der Waals surface area contributed by atoms with Gasteiger partial charge < -0.3 is 15.2 Å². The number of aromatic nitrogens is 3. The van der Waals surface area contributed by atoms with Gasteiger partial charge in [0.25, 0.3) is 0 Å². The molecule has 2 aromatic heterocycles. The highest BCUT2D eigenvalue weighted by atomic mass is 32.2. The summed E-state index contributed by atoms with van der Waals surface area (Å²) in [5.41, 5.74) is 4.17. The van der Waals surface area contributed by atoms with E-state index in [2.05, 4.69) is 10.4 Å². The first-order valence-corrected chi connectivity index (χ1v) is 12.3. The number of nitrogens with one attached hydrogen (secondary N) is 1. The molecule has 4 aromatic rings. The Morgan fingerprint density at radius 1 is 1.09 bits per heavy atom. The third kappa shape index (κ3) is 4.95. The van der Waals surface area contributed by atoms with Gasteiger partial charge >= 0.3 is 0 Å². The number of sulfonamides is 1. The molecule has 0 aliphatic heterocycles. The van der Waals surface area contributed by atoms with E-state index in [1.54, 1.807) is 35.0 Å². The average molecular weight is 482 g/mol. The van der Waals surface area contributed by atoms with Crippen molar-refractivity contribution in [2.75, 3.05) is 38.7 Å². The van der Waals surface area contributed by atoms with Crippen LogP contribution in [0.4, 0.5) is 11.5 Å². The minimum absolute atomic E-state index is 0.00159. The molecule has 10 heteroatoms. The molecule has 0 amide bonds. The van der Waals surface area contributed by atoms with E-state index < -0.39 is 10.0 Å². The summed E-state index contributed by atoms with van der Waals surface area (Å²) >= 11 is 0. The Kier molecular flexibility index (Phi) is 7.23. The van der Waals surface area contributed by atoms with Crippen LogP contribution in [0.1, 0.15) is 5.56 Å². The molecule has 34 heavy (non-hydrogen) atoms. The van der Waals surface area contributed by atoms with Gasteiger partial charge in [-0.2, -0.15) is 13.9 Å². The van der Waals surface area contributed by atoms with Crippen LogP contribution in [0.2, 0.25) is 0 Å². The topological polar surface area (TPSA) is 109 Å². The summed E-state index contributed by atoms with van der Waals surface area (Å²) in [5.74, 6) is 0.703. The highest BCUT2D eigenvalue weighted by molar-refractivity contribution is 7.89. The number of fused-ring (bicyclic) bond motifs is 1. The lowest BCUT2D eigenvalue weighted by Gasteiger charge is -2.21. The summed E-state index contributed by atoms with van der Waals surface area (Å²) in [7, 11) is -2.26. The smallest absolute Gasteiger partial charge is 0.243 e. The predicted molar refractivity (Wildman–Crippen MR) is 131 cm³/mol. The maximum absolute atomic E-state index is 13.0. The first-order chi connectivity index (χ1) is 16.4. The number of aryl methyl sites for hydroxylation is 1. The van der Waals surface area contributed by atoms with Gasteiger partial charge in [0.05, 0.1) is 30.0 Å². The lowest BCUT2D eigenvalue weighted by Crippen LogP contribution is -2.36. The van der Waals surface area contributed by atoms with Crippen LogP contribution in [0.5, 0.6) is 0 Å². The van der Waals surface area contributed by atoms with Crippen molar-refractivity contribution in [3.05, 3.63) is 72.4 Å². The number of ether oxygens (including phenoxy) is 1. The summed E-state index contributed by atoms with van der Waals surface area (Å²) in [4.78, 5) is 4.90. The largest absolute Gasteiger partial charge is 0.395 e. The molecule has 0 aliphatic carbocycles. The van der Waals surface area contributed by atoms with Crippen LogP contribution < -0.4 is 5.32 Å². The Balaban J connectivity index is 1.64. The molecule has 0 fully saturated rings. The molecule has 178 valence electrons. The van der Waals surface area contributed by atoms with Gasteiger partial charge in [0.2, 0.25) is 10.0 Å². The number of methoxy groups -OCH3 is 1. The van der Waals surface area contributed by atoms with Crippen molar-refractivity contribution >= 4 is 27.2 Å². The van der Waals surface area contributed by atoms with E-state index >= 15 is 0 Å². The summed E-state index contributed by atoms with van der Waals surface area (Å²) < 4.78 is 33.9. The number of benzene rings is 2. The van der Waals surface area contributed by atoms with Crippen molar-refractivity contribution in [1.29, 1.82) is 0 Å². The Morgan fingerprint density at radius 2 is 1.82 bits per heavy atom. The van der Waals surface area contributed by atoms with Gasteiger partial charge in [-0.15, -0.1) is 0 Å². The second-order valence-electron chi connectivity index (χ2n) is 7.73. The Hall–Kier alpha value is -3.31. The van der Waals surface area contributed by atoms with E-state index in [0.717, 1.165) is 22.5 Å². The van der Waals surface area contributed by atoms with Gasteiger partial charge in [0, 0.05) is 43.1 Å². The van der Waals surface area contributed by atoms with Crippen LogP contribution in [-0.4, -0.2) is 65.8 Å². The van der Waals surface area contributed by atoms with Crippen LogP contribution in [0.25, 0.3) is 16.9 Å². The summed E-state index contributed by atoms with van der Waals surface area (Å²) in [6, 6.07) is 18.3. The van der Waals surface area contributed by atoms with Crippen molar-refractivity contribution in [3.8, 4) is 11.3 Å². The van der Waals surface area contributed by atoms with E-state index in [-0.39, 0.29) is 31.2 Å². The standard InChI is InChI=1S/C24H27N5O4S/c1-18-17-25-29-23(16-22(27-24(18)29)19-6-4-3-5-7-19)26-20-8-10-21(11-9-20)34(31,32)28(12-14-30)13-15-33-2/h3-11,16-17,26,30H,12-15H2,1-2H3. The van der Waals surface area contributed by atoms with E-state index in [9.17, 15) is 13.5 Å². The fourth-order valence-corrected chi connectivity index (χ4v) is 5.00. The van der Waals surface area contributed by atoms with Crippen molar-refractivity contribution in [1.82, 2.24) is 18.9 Å². The molecule has 0 atom stereocenters. The van der Waals surface area contributed by atoms with Crippen LogP contribution >= 0.6 is 0 Å². The summed E-state index contributed by atoms with van der Waals surface area (Å²) in [6.07, 6.45) is 1.76. The number of anilines is 2. The van der Waals surface area contributed by atoms with E-state index in [1.807, 2.05) is 43.3 Å². The first-order valence-electron chi connectivity index (χ1n) is 10.8. The third-order valence-corrected chi connectivity index (χ3v) is 7.29. The lowest BCUT2D eigenvalue weighted by molar-refractivity contribution is 0.168. The molecule has 0 unspecified atom stereocenters. The van der Waals surface area contributed by atoms with Crippen LogP contribution in [0.15, 0.2) is 71.8 Å². The maximum atomic E-state index is 13.0. The summed E-state index contributed by atoms with van der Waals surface area (Å²) in [5, 5.41) is 17.0. The van der Waals surface area contributed by atoms with Gasteiger partial charge in [0.1, 0.15) is 5.82 Å². The molecule has 2 heterocycles. The van der Waals surface area contributed by atoms with Gasteiger partial charge in [-0.3, -0.25) is 0 Å². The van der Waals surface area contributed by atoms with Gasteiger partial charge in [-0.1, -0.05) is 30.3 Å². The quantitative estimate of drug-likeness (QED) is 0.358. The minimum Gasteiger partial charge on any atom is -0.395 e. The Bertz CT molecular complexity index is 1360. The Labute approximate surface area is 198 Å². The molecule has 0 spiro atoms. The fourth-order valence-electron chi connectivity index (χ4n) is 3.58. The number of hydrogen-bond donors (Lipinski definition) is 2. The zero-order valence-electron chi connectivity index (χ0n) is 19.0. The van der Waals surface area contributed by atoms with Crippen LogP contribution in [-0.2, 0) is 14.8 Å². The summed E-state index contributed by atoms with van der Waals surface area (Å²) in [6.45, 7) is 2.09. The minimum atomic E-state index is -3.76. The molecule has 4 rings (SSSR count). The van der Waals surface area contributed by atoms with E-state index in [4.69, 9.17) is 9.72 Å². The second kappa shape index (κ2) is 10.3. The SMILES string of the molecule is COCCN(CCO)S(=O)(=O)c1ccc(Nc2cc(-c3ccccc3)nc3c(C)cnn23)cc1. The fraction of sp³-hybridized carbons (Fsp3) is 0.250. The average Bonchev–Trinajstić information content (AvgIpc) is 3.23. The zero-order valence-corrected chi connectivity index (χ0v) is 19.9. The highest BCUT2D eigenvalue weighted by Crippen LogP contribution is 2.26. The number of hydrogen-bond acceptors (Lipinski definition) is 7. The van der Waals surface area contributed by atoms with Gasteiger partial charge in [-0.25, -0.2) is 13.4 Å². The molecular weight excluding hydrogens is 454 g/mol. The second-order valence-corrected chi connectivity index (χ2v) is 9.66. The number of aliphatic hydroxyl groups is 1. The third-order valence-electron chi connectivity index (χ3n) is 5.38. The Morgan fingerprint density at radius 3 is 2.50 bits per heavy atom. The molecule has 2 aromatic carbocycles. The number of rotatable bonds is 10. The molecule has 0 bridgehead atoms. The number of nitrogens with zero attached hydrogens (tertiary/aromatic N) is 4. The van der Waals surface area contributed by atoms with Crippen LogP contribution in [0.3, 0.4) is 0 Å². The molecule has 9 nitrogen and oxygen atoms in total. The van der Waals surface area contributed by atoms with Crippen LogP contribution in [0, 0.1) is 6.92 Å². The monoisotopic (exact) mass is 481 g/mol. The molecule has 2 N–H and O–H groups in total. The lowest BCUT2D eigenvalue weighted by atomic mass is 10.1. The normalized spacial score (nSPS) is 11.9. The van der Waals surface area contributed by atoms with E-state index in [0.29, 0.717) is 11.5 Å². The zero-order chi connectivity index (χ0) is 24.1. The van der Waals surface area contributed by atoms with Crippen molar-refractivity contribution < 1.29 is 18.3 Å². The van der Waals surface area contributed by atoms with E-state index in [1.165, 1.54) is 11.4 Å². The first kappa shape index (κ1) is 23.8. The van der Waals surface area contributed by atoms with Gasteiger partial charge in [-0.05, 0) is 31.2 Å². The molecule has 0 saturated carbocycles. The molecule has 0 saturated heterocycles. The molecule has 0 aliphatic rings. The predicted octanol–water partition coefficient (Wildman–Crippen LogP) is 3.08. The van der Waals surface area contributed by atoms with Crippen molar-refractivity contribution in [2.24, 2.45) is 0 Å². The highest BCUT2D eigenvalue weighted by Gasteiger charge is 2.23. The molecular formula is C24H27N5O4S. The number of aliphatic hydroxyl groups excluding tert-OH is 1. The molecule has 0 radical (unpaired) electrons. The maximum Gasteiger partial charge on any atom is 0.243 e.